The second kappa shape index (κ2) is 7.52. The molecule has 136 valence electrons. The molecular weight excluding hydrogens is 356 g/mol. The molecular formula is C17H18N4O4S. The van der Waals surface area contributed by atoms with Gasteiger partial charge in [0.1, 0.15) is 17.2 Å². The fourth-order valence-electron chi connectivity index (χ4n) is 2.34. The summed E-state index contributed by atoms with van der Waals surface area (Å²) in [7, 11) is 1.70. The zero-order valence-corrected chi connectivity index (χ0v) is 15.4. The van der Waals surface area contributed by atoms with E-state index in [0.717, 1.165) is 0 Å². The van der Waals surface area contributed by atoms with Gasteiger partial charge >= 0.3 is 0 Å². The lowest BCUT2D eigenvalue weighted by Gasteiger charge is -2.14. The third kappa shape index (κ3) is 4.17. The van der Waals surface area contributed by atoms with Crippen LogP contribution in [0.5, 0.6) is 0 Å². The van der Waals surface area contributed by atoms with Crippen LogP contribution in [0.3, 0.4) is 0 Å². The fourth-order valence-corrected chi connectivity index (χ4v) is 3.05. The van der Waals surface area contributed by atoms with E-state index >= 15 is 0 Å². The van der Waals surface area contributed by atoms with E-state index in [1.807, 2.05) is 0 Å². The van der Waals surface area contributed by atoms with E-state index < -0.39 is 0 Å². The first-order valence-corrected chi connectivity index (χ1v) is 8.76. The molecule has 2 amide bonds. The summed E-state index contributed by atoms with van der Waals surface area (Å²) >= 11 is 1.27. The Hall–Kier alpha value is -2.94. The number of rotatable bonds is 6. The Morgan fingerprint density at radius 3 is 2.77 bits per heavy atom. The average Bonchev–Trinajstić information content (AvgIpc) is 3.30. The largest absolute Gasteiger partial charge is 0.469 e. The van der Waals surface area contributed by atoms with Gasteiger partial charge in [-0.25, -0.2) is 4.98 Å². The third-order valence-corrected chi connectivity index (χ3v) is 4.52. The van der Waals surface area contributed by atoms with Crippen molar-refractivity contribution in [3.05, 3.63) is 52.2 Å². The molecule has 26 heavy (non-hydrogen) atoms. The lowest BCUT2D eigenvalue weighted by Crippen LogP contribution is -2.28. The third-order valence-electron chi connectivity index (χ3n) is 3.71. The van der Waals surface area contributed by atoms with Crippen molar-refractivity contribution < 1.29 is 18.5 Å². The summed E-state index contributed by atoms with van der Waals surface area (Å²) in [4.78, 5) is 30.3. The van der Waals surface area contributed by atoms with Crippen LogP contribution in [0.15, 0.2) is 32.7 Å². The van der Waals surface area contributed by atoms with Crippen LogP contribution in [0.25, 0.3) is 0 Å². The highest BCUT2D eigenvalue weighted by Gasteiger charge is 2.16. The van der Waals surface area contributed by atoms with Crippen LogP contribution in [0.2, 0.25) is 0 Å². The molecule has 0 atom stereocenters. The quantitative estimate of drug-likeness (QED) is 0.712. The number of carbonyl (C=O) groups excluding carboxylic acids is 2. The van der Waals surface area contributed by atoms with Crippen LogP contribution in [0.4, 0.5) is 5.13 Å². The monoisotopic (exact) mass is 374 g/mol. The maximum atomic E-state index is 12.3. The Morgan fingerprint density at radius 2 is 2.12 bits per heavy atom. The second-order valence-electron chi connectivity index (χ2n) is 5.84. The molecule has 3 aromatic heterocycles. The smallest absolute Gasteiger partial charge is 0.260 e. The van der Waals surface area contributed by atoms with Crippen LogP contribution in [0.1, 0.15) is 33.3 Å². The van der Waals surface area contributed by atoms with Crippen LogP contribution in [-0.2, 0) is 17.8 Å². The molecule has 0 spiro atoms. The lowest BCUT2D eigenvalue weighted by molar-refractivity contribution is -0.129. The predicted molar refractivity (Wildman–Crippen MR) is 94.9 cm³/mol. The lowest BCUT2D eigenvalue weighted by atomic mass is 10.2. The maximum absolute atomic E-state index is 12.3. The minimum Gasteiger partial charge on any atom is -0.469 e. The summed E-state index contributed by atoms with van der Waals surface area (Å²) in [6, 6.07) is 3.39. The summed E-state index contributed by atoms with van der Waals surface area (Å²) in [5, 5.41) is 8.78. The minimum absolute atomic E-state index is 0.0977. The molecule has 0 aliphatic rings. The molecule has 0 fully saturated rings. The van der Waals surface area contributed by atoms with Gasteiger partial charge in [0, 0.05) is 18.5 Å². The zero-order valence-electron chi connectivity index (χ0n) is 14.6. The molecule has 0 saturated heterocycles. The summed E-state index contributed by atoms with van der Waals surface area (Å²) in [6.07, 6.45) is 1.60. The van der Waals surface area contributed by atoms with E-state index in [9.17, 15) is 9.59 Å². The number of hydrogen-bond acceptors (Lipinski definition) is 7. The van der Waals surface area contributed by atoms with Gasteiger partial charge in [-0.2, -0.15) is 0 Å². The Morgan fingerprint density at radius 1 is 1.31 bits per heavy atom. The number of aromatic nitrogens is 2. The molecule has 3 rings (SSSR count). The summed E-state index contributed by atoms with van der Waals surface area (Å²) in [5.74, 6) is 0.856. The van der Waals surface area contributed by atoms with Crippen LogP contribution < -0.4 is 5.32 Å². The van der Waals surface area contributed by atoms with Gasteiger partial charge < -0.3 is 13.8 Å². The molecule has 3 heterocycles. The highest BCUT2D eigenvalue weighted by molar-refractivity contribution is 7.14. The molecule has 0 aliphatic heterocycles. The van der Waals surface area contributed by atoms with Crippen molar-refractivity contribution in [1.29, 1.82) is 0 Å². The second-order valence-corrected chi connectivity index (χ2v) is 6.70. The number of amides is 2. The first-order chi connectivity index (χ1) is 12.4. The number of hydrogen-bond donors (Lipinski definition) is 1. The molecule has 0 bridgehead atoms. The van der Waals surface area contributed by atoms with Gasteiger partial charge in [0.25, 0.3) is 5.91 Å². The van der Waals surface area contributed by atoms with Crippen molar-refractivity contribution in [2.45, 2.75) is 26.8 Å². The highest BCUT2D eigenvalue weighted by Crippen LogP contribution is 2.19. The minimum atomic E-state index is -0.290. The van der Waals surface area contributed by atoms with Gasteiger partial charge in [-0.15, -0.1) is 11.3 Å². The molecule has 0 aromatic carbocycles. The molecule has 9 heteroatoms. The van der Waals surface area contributed by atoms with Crippen LogP contribution >= 0.6 is 11.3 Å². The number of aryl methyl sites for hydroxylation is 2. The number of nitrogens with zero attached hydrogens (tertiary/aromatic N) is 3. The average molecular weight is 374 g/mol. The maximum Gasteiger partial charge on any atom is 0.260 e. The number of furan rings is 1. The van der Waals surface area contributed by atoms with Crippen molar-refractivity contribution in [3.8, 4) is 0 Å². The van der Waals surface area contributed by atoms with E-state index in [2.05, 4.69) is 15.5 Å². The van der Waals surface area contributed by atoms with Crippen molar-refractivity contribution >= 4 is 28.3 Å². The SMILES string of the molecule is Cc1cc(CN(C)C(=O)Cc2csc(NC(=O)c3ccoc3C)n2)no1. The molecule has 0 unspecified atom stereocenters. The van der Waals surface area contributed by atoms with Crippen molar-refractivity contribution in [1.82, 2.24) is 15.0 Å². The van der Waals surface area contributed by atoms with Gasteiger partial charge in [-0.05, 0) is 19.9 Å². The van der Waals surface area contributed by atoms with Crippen molar-refractivity contribution in [3.63, 3.8) is 0 Å². The number of carbonyl (C=O) groups is 2. The zero-order chi connectivity index (χ0) is 18.7. The van der Waals surface area contributed by atoms with Gasteiger partial charge in [-0.1, -0.05) is 5.16 Å². The van der Waals surface area contributed by atoms with Gasteiger partial charge in [0.05, 0.1) is 30.5 Å². The van der Waals surface area contributed by atoms with Gasteiger partial charge in [0.15, 0.2) is 5.13 Å². The van der Waals surface area contributed by atoms with E-state index in [-0.39, 0.29) is 18.2 Å². The number of nitrogens with one attached hydrogen (secondary N) is 1. The molecule has 0 radical (unpaired) electrons. The topological polar surface area (TPSA) is 101 Å². The number of thiazole rings is 1. The number of anilines is 1. The highest BCUT2D eigenvalue weighted by atomic mass is 32.1. The van der Waals surface area contributed by atoms with Crippen LogP contribution in [-0.4, -0.2) is 33.9 Å². The molecule has 8 nitrogen and oxygen atoms in total. The number of likely N-dealkylation sites (N-methyl/N-ethyl adjacent to an activating group) is 1. The first-order valence-electron chi connectivity index (χ1n) is 7.88. The molecule has 0 aliphatic carbocycles. The van der Waals surface area contributed by atoms with Crippen LogP contribution in [0, 0.1) is 13.8 Å². The normalized spacial score (nSPS) is 10.7. The molecule has 0 saturated carbocycles. The van der Waals surface area contributed by atoms with E-state index in [1.54, 1.807) is 43.3 Å². The van der Waals surface area contributed by atoms with Crippen molar-refractivity contribution in [2.75, 3.05) is 12.4 Å². The summed E-state index contributed by atoms with van der Waals surface area (Å²) in [5.41, 5.74) is 1.75. The fraction of sp³-hybridized carbons (Fsp3) is 0.294. The first kappa shape index (κ1) is 17.9. The standard InChI is InChI=1S/C17H18N4O4S/c1-10-6-12(20-25-10)8-21(3)15(22)7-13-9-26-17(18-13)19-16(23)14-4-5-24-11(14)2/h4-6,9H,7-8H2,1-3H3,(H,18,19,23). The summed E-state index contributed by atoms with van der Waals surface area (Å²) < 4.78 is 10.1. The summed E-state index contributed by atoms with van der Waals surface area (Å²) in [6.45, 7) is 3.88. The van der Waals surface area contributed by atoms with Crippen molar-refractivity contribution in [2.24, 2.45) is 0 Å². The Balaban J connectivity index is 1.56. The Bertz CT molecular complexity index is 927. The van der Waals surface area contributed by atoms with E-state index in [0.29, 0.717) is 40.1 Å². The predicted octanol–water partition coefficient (Wildman–Crippen LogP) is 2.79. The molecule has 3 aromatic rings. The Labute approximate surface area is 153 Å². The van der Waals surface area contributed by atoms with Gasteiger partial charge in [0.2, 0.25) is 5.91 Å². The molecule has 1 N–H and O–H groups in total. The van der Waals surface area contributed by atoms with E-state index in [4.69, 9.17) is 8.94 Å². The van der Waals surface area contributed by atoms with Gasteiger partial charge in [-0.3, -0.25) is 14.9 Å². The Kier molecular flexibility index (Phi) is 5.17. The van der Waals surface area contributed by atoms with E-state index in [1.165, 1.54) is 17.6 Å².